The molecule has 1 fully saturated rings. The first kappa shape index (κ1) is 54.5. The van der Waals surface area contributed by atoms with Crippen molar-refractivity contribution in [2.24, 2.45) is 23.7 Å². The van der Waals surface area contributed by atoms with Crippen LogP contribution >= 0.6 is 0 Å². The van der Waals surface area contributed by atoms with E-state index in [4.69, 9.17) is 18.9 Å². The fraction of sp³-hybridized carbons (Fsp3) is 0.810. The van der Waals surface area contributed by atoms with Crippen LogP contribution < -0.4 is 37.2 Å². The van der Waals surface area contributed by atoms with Crippen molar-refractivity contribution < 1.29 is 57.3 Å². The fourth-order valence-corrected chi connectivity index (χ4v) is 6.05. The summed E-state index contributed by atoms with van der Waals surface area (Å²) in [5.74, 6) is -5.90. The van der Waals surface area contributed by atoms with Gasteiger partial charge in [0.25, 0.3) is 0 Å². The van der Waals surface area contributed by atoms with Crippen LogP contribution in [0.3, 0.4) is 0 Å². The molecule has 0 aromatic rings. The average Bonchev–Trinajstić information content (AvgIpc) is 3.12. The van der Waals surface area contributed by atoms with Gasteiger partial charge in [0, 0.05) is 13.2 Å². The molecule has 1 rings (SSSR count). The zero-order chi connectivity index (χ0) is 46.8. The summed E-state index contributed by atoms with van der Waals surface area (Å²) < 4.78 is 21.9. The minimum atomic E-state index is -1.62. The van der Waals surface area contributed by atoms with Crippen molar-refractivity contribution in [3.8, 4) is 0 Å². The number of amides is 7. The minimum Gasteiger partial charge on any atom is -0.467 e. The molecule has 0 aliphatic carbocycles. The number of alkyl carbamates (subject to hydrolysis) is 1. The summed E-state index contributed by atoms with van der Waals surface area (Å²) in [6.07, 6.45) is 0.458. The third-order valence-corrected chi connectivity index (χ3v) is 9.37. The molecule has 2 unspecified atom stereocenters. The molecule has 0 radical (unpaired) electrons. The molecule has 0 aromatic heterocycles. The molecule has 61 heavy (non-hydrogen) atoms. The van der Waals surface area contributed by atoms with E-state index < -0.39 is 107 Å². The van der Waals surface area contributed by atoms with Crippen LogP contribution in [0.25, 0.3) is 0 Å². The molecule has 7 amide bonds. The van der Waals surface area contributed by atoms with E-state index in [0.717, 1.165) is 0 Å². The summed E-state index contributed by atoms with van der Waals surface area (Å²) in [5.41, 5.74) is -2.45. The van der Waals surface area contributed by atoms with E-state index in [9.17, 15) is 38.4 Å². The Morgan fingerprint density at radius 1 is 0.803 bits per heavy atom. The van der Waals surface area contributed by atoms with Crippen molar-refractivity contribution in [2.45, 2.75) is 163 Å². The van der Waals surface area contributed by atoms with Crippen LogP contribution in [0.1, 0.15) is 116 Å². The Morgan fingerprint density at radius 3 is 1.90 bits per heavy atom. The summed E-state index contributed by atoms with van der Waals surface area (Å²) in [7, 11) is 1.21. The van der Waals surface area contributed by atoms with Crippen molar-refractivity contribution in [1.82, 2.24) is 37.2 Å². The quantitative estimate of drug-likeness (QED) is 0.138. The molecule has 19 nitrogen and oxygen atoms in total. The highest BCUT2D eigenvalue weighted by Crippen LogP contribution is 2.14. The highest BCUT2D eigenvalue weighted by Gasteiger charge is 2.39. The molecular formula is C42H75N7O12. The molecule has 6 atom stereocenters. The molecule has 19 heteroatoms. The molecule has 1 aliphatic heterocycles. The zero-order valence-electron chi connectivity index (χ0n) is 38.8. The van der Waals surface area contributed by atoms with Gasteiger partial charge in [-0.05, 0) is 84.0 Å². The van der Waals surface area contributed by atoms with Crippen molar-refractivity contribution in [3.05, 3.63) is 0 Å². The Labute approximate surface area is 361 Å². The largest absolute Gasteiger partial charge is 0.467 e. The van der Waals surface area contributed by atoms with E-state index in [1.165, 1.54) is 21.0 Å². The maximum absolute atomic E-state index is 13.9. The second kappa shape index (κ2) is 25.4. The third kappa shape index (κ3) is 20.3. The summed E-state index contributed by atoms with van der Waals surface area (Å²) in [5, 5.41) is 18.7. The van der Waals surface area contributed by atoms with E-state index in [0.29, 0.717) is 12.8 Å². The van der Waals surface area contributed by atoms with Crippen LogP contribution in [0.5, 0.6) is 0 Å². The van der Waals surface area contributed by atoms with E-state index in [1.54, 1.807) is 48.5 Å². The lowest BCUT2D eigenvalue weighted by molar-refractivity contribution is -0.146. The van der Waals surface area contributed by atoms with Crippen LogP contribution in [0.4, 0.5) is 4.79 Å². The lowest BCUT2D eigenvalue weighted by atomic mass is 9.97. The lowest BCUT2D eigenvalue weighted by Gasteiger charge is -2.32. The van der Waals surface area contributed by atoms with Crippen LogP contribution in [-0.4, -0.2) is 128 Å². The number of nitrogens with one attached hydrogen (secondary N) is 7. The Bertz CT molecular complexity index is 1490. The van der Waals surface area contributed by atoms with Gasteiger partial charge in [-0.25, -0.2) is 9.59 Å². The summed E-state index contributed by atoms with van der Waals surface area (Å²) in [6.45, 7) is 21.9. The molecule has 0 saturated carbocycles. The van der Waals surface area contributed by atoms with Crippen LogP contribution in [0, 0.1) is 23.7 Å². The number of hydrogen-bond acceptors (Lipinski definition) is 12. The Hall–Kier alpha value is -4.52. The molecule has 1 heterocycles. The molecule has 1 saturated heterocycles. The average molecular weight is 870 g/mol. The van der Waals surface area contributed by atoms with Gasteiger partial charge < -0.3 is 56.2 Å². The van der Waals surface area contributed by atoms with Crippen LogP contribution in [0.2, 0.25) is 0 Å². The Balaban J connectivity index is 3.55. The standard InChI is InChI=1S/C42H75N7O12/c1-23(2)19-27-35(52)49-42(12,13)39(56)47-31(25(5)6)36(53)45-30(34(51)44-28(20-24(3)4)38(55)58-14)22-60-18-16-15-17-59-21-29(33(50)43-27)46-37(54)32(26(7)8)48-40(57)61-41(9,10)11/h23-32H,15-22H2,1-14H3,(H,43,50)(H,44,51)(H,45,53)(H,46,54)(H,47,56)(H,48,57)(H,49,52)/t27-,28-,29-,30?,31?,32-/m0/s1. The van der Waals surface area contributed by atoms with Gasteiger partial charge >= 0.3 is 12.1 Å². The van der Waals surface area contributed by atoms with Crippen molar-refractivity contribution >= 4 is 47.5 Å². The fourth-order valence-electron chi connectivity index (χ4n) is 6.05. The molecule has 0 spiro atoms. The number of ether oxygens (including phenoxy) is 4. The van der Waals surface area contributed by atoms with Gasteiger partial charge in [-0.2, -0.15) is 0 Å². The zero-order valence-corrected chi connectivity index (χ0v) is 38.8. The predicted octanol–water partition coefficient (Wildman–Crippen LogP) is 1.60. The van der Waals surface area contributed by atoms with Gasteiger partial charge in [0.2, 0.25) is 35.4 Å². The van der Waals surface area contributed by atoms with Crippen molar-refractivity contribution in [1.29, 1.82) is 0 Å². The number of carbonyl (C=O) groups excluding carboxylic acids is 8. The topological polar surface area (TPSA) is 258 Å². The van der Waals surface area contributed by atoms with Gasteiger partial charge in [-0.3, -0.25) is 28.8 Å². The second-order valence-corrected chi connectivity index (χ2v) is 18.6. The maximum atomic E-state index is 13.9. The molecule has 0 bridgehead atoms. The van der Waals surface area contributed by atoms with Gasteiger partial charge in [0.1, 0.15) is 47.4 Å². The number of methoxy groups -OCH3 is 1. The monoisotopic (exact) mass is 870 g/mol. The number of rotatable bonds is 12. The lowest BCUT2D eigenvalue weighted by Crippen LogP contribution is -2.64. The van der Waals surface area contributed by atoms with Crippen LogP contribution in [-0.2, 0) is 52.5 Å². The summed E-state index contributed by atoms with van der Waals surface area (Å²) >= 11 is 0. The SMILES string of the molecule is COC(=O)[C@H](CC(C)C)NC(=O)C1COCCCCOC[C@H](NC(=O)[C@@H](NC(=O)OC(C)(C)C)C(C)C)C(=O)N[C@@H](CC(C)C)C(=O)NC(C)(C)C(=O)NC(C(C)C)C(=O)N1. The summed E-state index contributed by atoms with van der Waals surface area (Å²) in [4.78, 5) is 108. The molecule has 0 aromatic carbocycles. The molecule has 350 valence electrons. The number of esters is 1. The van der Waals surface area contributed by atoms with E-state index in [-0.39, 0.29) is 51.1 Å². The number of carbonyl (C=O) groups is 8. The highest BCUT2D eigenvalue weighted by molar-refractivity contribution is 5.98. The van der Waals surface area contributed by atoms with Gasteiger partial charge in [0.15, 0.2) is 0 Å². The maximum Gasteiger partial charge on any atom is 0.408 e. The Kier molecular flexibility index (Phi) is 22.7. The molecular weight excluding hydrogens is 794 g/mol. The van der Waals surface area contributed by atoms with E-state index >= 15 is 0 Å². The smallest absolute Gasteiger partial charge is 0.408 e. The third-order valence-electron chi connectivity index (χ3n) is 9.37. The highest BCUT2D eigenvalue weighted by atomic mass is 16.6. The van der Waals surface area contributed by atoms with Crippen LogP contribution in [0.15, 0.2) is 0 Å². The number of hydrogen-bond donors (Lipinski definition) is 7. The first-order chi connectivity index (χ1) is 28.2. The first-order valence-corrected chi connectivity index (χ1v) is 21.3. The van der Waals surface area contributed by atoms with Gasteiger partial charge in [-0.1, -0.05) is 55.4 Å². The summed E-state index contributed by atoms with van der Waals surface area (Å²) in [6, 6.07) is -7.02. The predicted molar refractivity (Wildman–Crippen MR) is 227 cm³/mol. The molecule has 1 aliphatic rings. The van der Waals surface area contributed by atoms with Crippen molar-refractivity contribution in [3.63, 3.8) is 0 Å². The van der Waals surface area contributed by atoms with Crippen molar-refractivity contribution in [2.75, 3.05) is 33.5 Å². The van der Waals surface area contributed by atoms with Gasteiger partial charge in [0.05, 0.1) is 20.3 Å². The van der Waals surface area contributed by atoms with E-state index in [2.05, 4.69) is 37.2 Å². The minimum absolute atomic E-state index is 0.0177. The first-order valence-electron chi connectivity index (χ1n) is 21.3. The van der Waals surface area contributed by atoms with Gasteiger partial charge in [-0.15, -0.1) is 0 Å². The van der Waals surface area contributed by atoms with E-state index in [1.807, 2.05) is 27.7 Å². The normalized spacial score (nSPS) is 22.7. The second-order valence-electron chi connectivity index (χ2n) is 18.6. The molecule has 7 N–H and O–H groups in total. The Morgan fingerprint density at radius 2 is 1.39 bits per heavy atom.